The van der Waals surface area contributed by atoms with E-state index in [0.29, 0.717) is 23.0 Å². The molecule has 0 fully saturated rings. The number of amides is 1. The van der Waals surface area contributed by atoms with Crippen molar-refractivity contribution in [1.29, 1.82) is 0 Å². The highest BCUT2D eigenvalue weighted by molar-refractivity contribution is 5.78. The summed E-state index contributed by atoms with van der Waals surface area (Å²) >= 11 is 0. The van der Waals surface area contributed by atoms with Gasteiger partial charge < -0.3 is 14.6 Å². The third-order valence-corrected chi connectivity index (χ3v) is 4.86. The first kappa shape index (κ1) is 20.3. The summed E-state index contributed by atoms with van der Waals surface area (Å²) in [5.41, 5.74) is 3.66. The molecule has 156 valence electrons. The molecule has 1 N–H and O–H groups in total. The highest BCUT2D eigenvalue weighted by Crippen LogP contribution is 2.30. The van der Waals surface area contributed by atoms with Gasteiger partial charge in [-0.2, -0.15) is 4.98 Å². The first-order valence-corrected chi connectivity index (χ1v) is 10.1. The summed E-state index contributed by atoms with van der Waals surface area (Å²) in [7, 11) is 0. The minimum absolute atomic E-state index is 0.111. The number of aryl methyl sites for hydroxylation is 1. The summed E-state index contributed by atoms with van der Waals surface area (Å²) in [6, 6.07) is 24.9. The zero-order valence-corrected chi connectivity index (χ0v) is 17.4. The Bertz CT molecular complexity index is 1170. The van der Waals surface area contributed by atoms with Crippen molar-refractivity contribution >= 4 is 5.91 Å². The van der Waals surface area contributed by atoms with Gasteiger partial charge in [0, 0.05) is 5.56 Å². The van der Waals surface area contributed by atoms with Gasteiger partial charge in [-0.15, -0.1) is 0 Å². The van der Waals surface area contributed by atoms with E-state index in [4.69, 9.17) is 9.26 Å². The van der Waals surface area contributed by atoms with Gasteiger partial charge in [0.05, 0.1) is 11.6 Å². The highest BCUT2D eigenvalue weighted by atomic mass is 16.5. The van der Waals surface area contributed by atoms with E-state index in [1.807, 2.05) is 86.6 Å². The zero-order chi connectivity index (χ0) is 21.6. The van der Waals surface area contributed by atoms with E-state index in [0.717, 1.165) is 16.7 Å². The molecule has 1 amide bonds. The van der Waals surface area contributed by atoms with Gasteiger partial charge in [-0.25, -0.2) is 0 Å². The molecule has 4 aromatic rings. The van der Waals surface area contributed by atoms with Crippen molar-refractivity contribution in [3.63, 3.8) is 0 Å². The van der Waals surface area contributed by atoms with Crippen LogP contribution in [-0.2, 0) is 4.79 Å². The second kappa shape index (κ2) is 9.26. The van der Waals surface area contributed by atoms with E-state index in [-0.39, 0.29) is 18.6 Å². The van der Waals surface area contributed by atoms with Gasteiger partial charge in [-0.05, 0) is 37.6 Å². The van der Waals surface area contributed by atoms with Crippen molar-refractivity contribution in [2.45, 2.75) is 19.9 Å². The van der Waals surface area contributed by atoms with Crippen LogP contribution in [0.4, 0.5) is 0 Å². The number of ether oxygens (including phenoxy) is 1. The maximum absolute atomic E-state index is 12.4. The van der Waals surface area contributed by atoms with Crippen molar-refractivity contribution < 1.29 is 14.1 Å². The molecule has 1 atom stereocenters. The predicted octanol–water partition coefficient (Wildman–Crippen LogP) is 4.97. The van der Waals surface area contributed by atoms with Gasteiger partial charge in [0.2, 0.25) is 5.82 Å². The summed E-state index contributed by atoms with van der Waals surface area (Å²) < 4.78 is 11.3. The molecule has 0 aliphatic heterocycles. The standard InChI is InChI=1S/C25H23N3O3/c1-17-9-8-12-20(15-17)24-27-25(31-28-24)21-13-6-7-14-22(21)30-16-23(29)26-18(2)19-10-4-3-5-11-19/h3-15,18H,16H2,1-2H3,(H,26,29)/t18-/m1/s1. The van der Waals surface area contributed by atoms with Crippen molar-refractivity contribution in [1.82, 2.24) is 15.5 Å². The molecule has 6 nitrogen and oxygen atoms in total. The number of carbonyl (C=O) groups excluding carboxylic acids is 1. The van der Waals surface area contributed by atoms with Crippen molar-refractivity contribution in [2.75, 3.05) is 6.61 Å². The Morgan fingerprint density at radius 2 is 1.81 bits per heavy atom. The smallest absolute Gasteiger partial charge is 0.262 e. The molecule has 6 heteroatoms. The number of carbonyl (C=O) groups is 1. The molecule has 0 saturated heterocycles. The third kappa shape index (κ3) is 4.98. The molecule has 1 aromatic heterocycles. The quantitative estimate of drug-likeness (QED) is 0.463. The first-order valence-electron chi connectivity index (χ1n) is 10.1. The Labute approximate surface area is 180 Å². The van der Waals surface area contributed by atoms with Crippen LogP contribution in [0.25, 0.3) is 22.8 Å². The van der Waals surface area contributed by atoms with Gasteiger partial charge in [-0.3, -0.25) is 4.79 Å². The van der Waals surface area contributed by atoms with Crippen LogP contribution in [0.5, 0.6) is 5.75 Å². The summed E-state index contributed by atoms with van der Waals surface area (Å²) in [5, 5.41) is 7.03. The van der Waals surface area contributed by atoms with E-state index in [1.165, 1.54) is 0 Å². The average molecular weight is 413 g/mol. The Balaban J connectivity index is 1.45. The van der Waals surface area contributed by atoms with Crippen LogP contribution in [0, 0.1) is 6.92 Å². The number of nitrogens with one attached hydrogen (secondary N) is 1. The molecular weight excluding hydrogens is 390 g/mol. The number of hydrogen-bond donors (Lipinski definition) is 1. The Morgan fingerprint density at radius 3 is 2.61 bits per heavy atom. The Morgan fingerprint density at radius 1 is 1.03 bits per heavy atom. The molecule has 1 heterocycles. The normalized spacial score (nSPS) is 11.7. The number of para-hydroxylation sites is 1. The molecule has 0 radical (unpaired) electrons. The Hall–Kier alpha value is -3.93. The maximum atomic E-state index is 12.4. The third-order valence-electron chi connectivity index (χ3n) is 4.86. The number of benzene rings is 3. The number of rotatable bonds is 7. The van der Waals surface area contributed by atoms with Gasteiger partial charge in [0.25, 0.3) is 11.8 Å². The molecule has 0 bridgehead atoms. The van der Waals surface area contributed by atoms with Crippen molar-refractivity contribution in [3.8, 4) is 28.6 Å². The topological polar surface area (TPSA) is 77.2 Å². The van der Waals surface area contributed by atoms with Gasteiger partial charge >= 0.3 is 0 Å². The monoisotopic (exact) mass is 413 g/mol. The van der Waals surface area contributed by atoms with E-state index in [2.05, 4.69) is 15.5 Å². The minimum Gasteiger partial charge on any atom is -0.483 e. The number of aromatic nitrogens is 2. The second-order valence-electron chi connectivity index (χ2n) is 7.28. The minimum atomic E-state index is -0.211. The fraction of sp³-hybridized carbons (Fsp3) is 0.160. The van der Waals surface area contributed by atoms with Crippen LogP contribution in [-0.4, -0.2) is 22.7 Å². The second-order valence-corrected chi connectivity index (χ2v) is 7.28. The summed E-state index contributed by atoms with van der Waals surface area (Å²) in [6.07, 6.45) is 0. The van der Waals surface area contributed by atoms with E-state index < -0.39 is 0 Å². The first-order chi connectivity index (χ1) is 15.1. The highest BCUT2D eigenvalue weighted by Gasteiger charge is 2.16. The summed E-state index contributed by atoms with van der Waals surface area (Å²) in [4.78, 5) is 16.9. The molecule has 0 aliphatic rings. The number of hydrogen-bond acceptors (Lipinski definition) is 5. The maximum Gasteiger partial charge on any atom is 0.262 e. The lowest BCUT2D eigenvalue weighted by molar-refractivity contribution is -0.123. The molecule has 0 aliphatic carbocycles. The molecular formula is C25H23N3O3. The average Bonchev–Trinajstić information content (AvgIpc) is 3.29. The molecule has 0 spiro atoms. The zero-order valence-electron chi connectivity index (χ0n) is 17.4. The van der Waals surface area contributed by atoms with Crippen LogP contribution in [0.1, 0.15) is 24.1 Å². The van der Waals surface area contributed by atoms with Crippen LogP contribution in [0.2, 0.25) is 0 Å². The lowest BCUT2D eigenvalue weighted by Gasteiger charge is -2.15. The van der Waals surface area contributed by atoms with Gasteiger partial charge in [0.1, 0.15) is 5.75 Å². The van der Waals surface area contributed by atoms with E-state index >= 15 is 0 Å². The predicted molar refractivity (Wildman–Crippen MR) is 118 cm³/mol. The van der Waals surface area contributed by atoms with Crippen LogP contribution in [0.3, 0.4) is 0 Å². The molecule has 31 heavy (non-hydrogen) atoms. The molecule has 4 rings (SSSR count). The van der Waals surface area contributed by atoms with Gasteiger partial charge in [-0.1, -0.05) is 71.4 Å². The van der Waals surface area contributed by atoms with Crippen LogP contribution >= 0.6 is 0 Å². The SMILES string of the molecule is Cc1cccc(-c2noc(-c3ccccc3OCC(=O)N[C@H](C)c3ccccc3)n2)c1. The fourth-order valence-corrected chi connectivity index (χ4v) is 3.25. The molecule has 0 saturated carbocycles. The van der Waals surface area contributed by atoms with E-state index in [1.54, 1.807) is 6.07 Å². The summed E-state index contributed by atoms with van der Waals surface area (Å²) in [6.45, 7) is 3.83. The van der Waals surface area contributed by atoms with E-state index in [9.17, 15) is 4.79 Å². The fourth-order valence-electron chi connectivity index (χ4n) is 3.25. The van der Waals surface area contributed by atoms with Gasteiger partial charge in [0.15, 0.2) is 6.61 Å². The van der Waals surface area contributed by atoms with Crippen LogP contribution in [0.15, 0.2) is 83.4 Å². The van der Waals surface area contributed by atoms with Crippen molar-refractivity contribution in [2.24, 2.45) is 0 Å². The lowest BCUT2D eigenvalue weighted by atomic mass is 10.1. The summed E-state index contributed by atoms with van der Waals surface area (Å²) in [5.74, 6) is 1.13. The Kier molecular flexibility index (Phi) is 6.08. The molecule has 0 unspecified atom stereocenters. The molecule has 3 aromatic carbocycles. The van der Waals surface area contributed by atoms with Crippen LogP contribution < -0.4 is 10.1 Å². The number of nitrogens with zero attached hydrogens (tertiary/aromatic N) is 2. The lowest BCUT2D eigenvalue weighted by Crippen LogP contribution is -2.31. The van der Waals surface area contributed by atoms with Crippen molar-refractivity contribution in [3.05, 3.63) is 90.0 Å². The largest absolute Gasteiger partial charge is 0.483 e.